The van der Waals surface area contributed by atoms with Crippen molar-refractivity contribution in [3.63, 3.8) is 0 Å². The van der Waals surface area contributed by atoms with Crippen LogP contribution in [-0.4, -0.2) is 6.29 Å². The monoisotopic (exact) mass is 152 g/mol. The van der Waals surface area contributed by atoms with Crippen LogP contribution in [0.15, 0.2) is 11.6 Å². The lowest BCUT2D eigenvalue weighted by molar-refractivity contribution is -0.112. The van der Waals surface area contributed by atoms with Gasteiger partial charge in [0.15, 0.2) is 0 Å². The van der Waals surface area contributed by atoms with Crippen molar-refractivity contribution in [1.29, 1.82) is 0 Å². The Hall–Kier alpha value is -0.590. The molecule has 0 aromatic carbocycles. The van der Waals surface area contributed by atoms with Gasteiger partial charge in [0.1, 0.15) is 6.29 Å². The van der Waals surface area contributed by atoms with E-state index in [2.05, 4.69) is 26.8 Å². The van der Waals surface area contributed by atoms with Crippen LogP contribution in [0.3, 0.4) is 0 Å². The molecule has 0 heterocycles. The summed E-state index contributed by atoms with van der Waals surface area (Å²) >= 11 is 0. The number of carbonyl (C=O) groups is 1. The zero-order valence-corrected chi connectivity index (χ0v) is 7.50. The van der Waals surface area contributed by atoms with Crippen molar-refractivity contribution in [2.45, 2.75) is 27.2 Å². The van der Waals surface area contributed by atoms with E-state index in [1.165, 1.54) is 5.57 Å². The van der Waals surface area contributed by atoms with E-state index in [0.29, 0.717) is 11.8 Å². The van der Waals surface area contributed by atoms with Gasteiger partial charge in [-0.3, -0.25) is 0 Å². The van der Waals surface area contributed by atoms with Crippen LogP contribution >= 0.6 is 0 Å². The summed E-state index contributed by atoms with van der Waals surface area (Å²) in [5.74, 6) is 1.35. The first-order valence-corrected chi connectivity index (χ1v) is 4.27. The molecule has 1 aliphatic rings. The van der Waals surface area contributed by atoms with Crippen molar-refractivity contribution in [3.05, 3.63) is 11.6 Å². The van der Waals surface area contributed by atoms with E-state index >= 15 is 0 Å². The molecule has 3 atom stereocenters. The van der Waals surface area contributed by atoms with Gasteiger partial charge in [0.05, 0.1) is 0 Å². The van der Waals surface area contributed by atoms with E-state index in [0.717, 1.165) is 12.7 Å². The number of hydrogen-bond donors (Lipinski definition) is 0. The lowest BCUT2D eigenvalue weighted by Crippen LogP contribution is -2.23. The fourth-order valence-corrected chi connectivity index (χ4v) is 1.79. The first-order valence-electron chi connectivity index (χ1n) is 4.27. The summed E-state index contributed by atoms with van der Waals surface area (Å²) in [6.07, 6.45) is 4.36. The van der Waals surface area contributed by atoms with E-state index in [4.69, 9.17) is 0 Å². The molecular formula is C10H16O. The summed E-state index contributed by atoms with van der Waals surface area (Å²) in [5, 5.41) is 0. The highest BCUT2D eigenvalue weighted by molar-refractivity contribution is 5.55. The zero-order chi connectivity index (χ0) is 8.43. The summed E-state index contributed by atoms with van der Waals surface area (Å²) in [5.41, 5.74) is 1.37. The average Bonchev–Trinajstić information content (AvgIpc) is 1.96. The minimum atomic E-state index is 0.259. The highest BCUT2D eigenvalue weighted by atomic mass is 16.1. The Kier molecular flexibility index (Phi) is 2.48. The molecule has 0 radical (unpaired) electrons. The van der Waals surface area contributed by atoms with Crippen LogP contribution in [0.2, 0.25) is 0 Å². The number of rotatable bonds is 1. The van der Waals surface area contributed by atoms with Crippen molar-refractivity contribution in [2.75, 3.05) is 0 Å². The van der Waals surface area contributed by atoms with Gasteiger partial charge in [-0.2, -0.15) is 0 Å². The van der Waals surface area contributed by atoms with Crippen molar-refractivity contribution in [1.82, 2.24) is 0 Å². The molecule has 0 saturated heterocycles. The molecule has 0 unspecified atom stereocenters. The minimum Gasteiger partial charge on any atom is -0.303 e. The van der Waals surface area contributed by atoms with Gasteiger partial charge >= 0.3 is 0 Å². The third kappa shape index (κ3) is 1.70. The molecule has 0 bridgehead atoms. The Morgan fingerprint density at radius 3 is 2.73 bits per heavy atom. The summed E-state index contributed by atoms with van der Waals surface area (Å²) < 4.78 is 0. The maximum absolute atomic E-state index is 10.6. The van der Waals surface area contributed by atoms with Crippen molar-refractivity contribution in [2.24, 2.45) is 17.8 Å². The molecule has 1 aliphatic carbocycles. The molecule has 1 nitrogen and oxygen atoms in total. The van der Waals surface area contributed by atoms with Gasteiger partial charge in [-0.15, -0.1) is 0 Å². The van der Waals surface area contributed by atoms with E-state index < -0.39 is 0 Å². The van der Waals surface area contributed by atoms with Crippen molar-refractivity contribution >= 4 is 6.29 Å². The molecule has 1 rings (SSSR count). The first-order chi connectivity index (χ1) is 5.15. The number of carbonyl (C=O) groups excluding carboxylic acids is 1. The second kappa shape index (κ2) is 3.21. The molecule has 0 saturated carbocycles. The van der Waals surface area contributed by atoms with Crippen LogP contribution in [0.5, 0.6) is 0 Å². The average molecular weight is 152 g/mol. The molecule has 0 spiro atoms. The van der Waals surface area contributed by atoms with Crippen LogP contribution in [0.1, 0.15) is 27.2 Å². The smallest absolute Gasteiger partial charge is 0.123 e. The van der Waals surface area contributed by atoms with E-state index in [9.17, 15) is 4.79 Å². The first kappa shape index (κ1) is 8.51. The number of hydrogen-bond acceptors (Lipinski definition) is 1. The highest BCUT2D eigenvalue weighted by Gasteiger charge is 2.25. The van der Waals surface area contributed by atoms with E-state index in [1.54, 1.807) is 0 Å². The van der Waals surface area contributed by atoms with E-state index in [-0.39, 0.29) is 5.92 Å². The molecule has 11 heavy (non-hydrogen) atoms. The van der Waals surface area contributed by atoms with Gasteiger partial charge in [-0.25, -0.2) is 0 Å². The Labute approximate surface area is 68.5 Å². The second-order valence-electron chi connectivity index (χ2n) is 3.74. The van der Waals surface area contributed by atoms with Crippen molar-refractivity contribution < 1.29 is 4.79 Å². The van der Waals surface area contributed by atoms with Gasteiger partial charge in [-0.05, 0) is 25.2 Å². The molecule has 0 aromatic heterocycles. The van der Waals surface area contributed by atoms with Gasteiger partial charge in [0.25, 0.3) is 0 Å². The molecule has 0 amide bonds. The SMILES string of the molecule is CC1=C[C@H](C)[C@H](C)[C@H](C=O)C1. The highest BCUT2D eigenvalue weighted by Crippen LogP contribution is 2.31. The molecule has 62 valence electrons. The maximum atomic E-state index is 10.6. The molecule has 0 aromatic rings. The quantitative estimate of drug-likeness (QED) is 0.416. The Morgan fingerprint density at radius 2 is 2.18 bits per heavy atom. The lowest BCUT2D eigenvalue weighted by atomic mass is 9.76. The fourth-order valence-electron chi connectivity index (χ4n) is 1.79. The van der Waals surface area contributed by atoms with Gasteiger partial charge < -0.3 is 4.79 Å². The van der Waals surface area contributed by atoms with Crippen LogP contribution in [0.25, 0.3) is 0 Å². The molecule has 0 aliphatic heterocycles. The maximum Gasteiger partial charge on any atom is 0.123 e. The predicted octanol–water partition coefficient (Wildman–Crippen LogP) is 2.42. The fraction of sp³-hybridized carbons (Fsp3) is 0.700. The van der Waals surface area contributed by atoms with Gasteiger partial charge in [-0.1, -0.05) is 25.5 Å². The Balaban J connectivity index is 2.75. The van der Waals surface area contributed by atoms with Crippen molar-refractivity contribution in [3.8, 4) is 0 Å². The molecular weight excluding hydrogens is 136 g/mol. The number of allylic oxidation sites excluding steroid dienone is 2. The second-order valence-corrected chi connectivity index (χ2v) is 3.74. The minimum absolute atomic E-state index is 0.259. The summed E-state index contributed by atoms with van der Waals surface area (Å²) in [6.45, 7) is 6.45. The molecule has 0 N–H and O–H groups in total. The van der Waals surface area contributed by atoms with Gasteiger partial charge in [0, 0.05) is 5.92 Å². The van der Waals surface area contributed by atoms with Crippen LogP contribution in [0.4, 0.5) is 0 Å². The third-order valence-electron chi connectivity index (χ3n) is 2.78. The lowest BCUT2D eigenvalue weighted by Gasteiger charge is -2.28. The standard InChI is InChI=1S/C10H16O/c1-7-4-8(2)9(3)10(5-7)6-11/h4,6,8-10H,5H2,1-3H3/t8-,9-,10-/m0/s1. The Morgan fingerprint density at radius 1 is 1.55 bits per heavy atom. The van der Waals surface area contributed by atoms with Crippen LogP contribution < -0.4 is 0 Å². The topological polar surface area (TPSA) is 17.1 Å². The molecule has 1 heteroatoms. The summed E-state index contributed by atoms with van der Waals surface area (Å²) in [7, 11) is 0. The summed E-state index contributed by atoms with van der Waals surface area (Å²) in [6, 6.07) is 0. The number of aldehydes is 1. The van der Waals surface area contributed by atoms with Crippen LogP contribution in [-0.2, 0) is 4.79 Å². The predicted molar refractivity (Wildman–Crippen MR) is 46.3 cm³/mol. The normalized spacial score (nSPS) is 38.1. The third-order valence-corrected chi connectivity index (χ3v) is 2.78. The van der Waals surface area contributed by atoms with Crippen LogP contribution in [0, 0.1) is 17.8 Å². The summed E-state index contributed by atoms with van der Waals surface area (Å²) in [4.78, 5) is 10.6. The zero-order valence-electron chi connectivity index (χ0n) is 7.50. The molecule has 0 fully saturated rings. The largest absolute Gasteiger partial charge is 0.303 e. The van der Waals surface area contributed by atoms with E-state index in [1.807, 2.05) is 0 Å². The Bertz CT molecular complexity index is 181. The van der Waals surface area contributed by atoms with Gasteiger partial charge in [0.2, 0.25) is 0 Å².